The van der Waals surface area contributed by atoms with Crippen LogP contribution in [-0.4, -0.2) is 137 Å². The predicted octanol–water partition coefficient (Wildman–Crippen LogP) is 6.05. The van der Waals surface area contributed by atoms with Gasteiger partial charge in [0.15, 0.2) is 0 Å². The van der Waals surface area contributed by atoms with Crippen LogP contribution in [0.15, 0.2) is 36.7 Å². The molecule has 4 atom stereocenters. The monoisotopic (exact) mass is 909 g/mol. The van der Waals surface area contributed by atoms with Crippen molar-refractivity contribution in [1.82, 2.24) is 50.2 Å². The molecule has 2 aromatic heterocycles. The number of hydrogen-bond donors (Lipinski definition) is 6. The van der Waals surface area contributed by atoms with Gasteiger partial charge in [-0.15, -0.1) is 0 Å². The van der Waals surface area contributed by atoms with Gasteiger partial charge >= 0.3 is 12.1 Å². The number of likely N-dealkylation sites (tertiary alicyclic amines) is 4. The zero-order valence-corrected chi connectivity index (χ0v) is 39.4. The molecule has 0 spiro atoms. The minimum atomic E-state index is -0.651. The van der Waals surface area contributed by atoms with E-state index in [0.29, 0.717) is 65.0 Å². The molecular weight excluding hydrogens is 837 g/mol. The number of imidazole rings is 2. The molecule has 16 nitrogen and oxygen atoms in total. The van der Waals surface area contributed by atoms with Crippen molar-refractivity contribution in [2.75, 3.05) is 39.3 Å². The maximum absolute atomic E-state index is 14.1. The van der Waals surface area contributed by atoms with Crippen molar-refractivity contribution in [3.05, 3.63) is 59.6 Å². The SMILES string of the molecule is CC(C)C(NC(=O)N1CCC(O)CC1)C(=O)N1CCCC1c1ncc(-c2ccc(C34CCC(c5cnc(C6CCCN6C(=O)C(NC(=O)N6CCC(O)CC6)C(C)C)[nH]5)(CC3)CC4)cc2)[nH]1. The number of aliphatic hydroxyl groups excluding tert-OH is 2. The quantitative estimate of drug-likeness (QED) is 0.133. The number of H-pyrrole nitrogens is 2. The van der Waals surface area contributed by atoms with Crippen molar-refractivity contribution in [3.8, 4) is 11.3 Å². The van der Waals surface area contributed by atoms with Crippen LogP contribution in [0.4, 0.5) is 9.59 Å². The van der Waals surface area contributed by atoms with Gasteiger partial charge in [0.2, 0.25) is 11.8 Å². The normalized spacial score (nSPS) is 27.2. The van der Waals surface area contributed by atoms with E-state index < -0.39 is 12.1 Å². The number of aromatic nitrogens is 4. The average molecular weight is 909 g/mol. The van der Waals surface area contributed by atoms with Crippen LogP contribution < -0.4 is 10.6 Å². The summed E-state index contributed by atoms with van der Waals surface area (Å²) in [6.07, 6.45) is 15.2. The minimum absolute atomic E-state index is 0.0389. The summed E-state index contributed by atoms with van der Waals surface area (Å²) in [5.41, 5.74) is 4.70. The van der Waals surface area contributed by atoms with Gasteiger partial charge in [0, 0.05) is 56.6 Å². The van der Waals surface area contributed by atoms with Gasteiger partial charge in [-0.1, -0.05) is 52.0 Å². The second kappa shape index (κ2) is 19.0. The van der Waals surface area contributed by atoms with Crippen LogP contribution in [0, 0.1) is 11.8 Å². The summed E-state index contributed by atoms with van der Waals surface area (Å²) in [4.78, 5) is 78.8. The van der Waals surface area contributed by atoms with E-state index in [9.17, 15) is 29.4 Å². The molecule has 0 radical (unpaired) electrons. The van der Waals surface area contributed by atoms with E-state index in [0.717, 1.165) is 87.1 Å². The lowest BCUT2D eigenvalue weighted by atomic mass is 9.51. The van der Waals surface area contributed by atoms with Crippen molar-refractivity contribution in [1.29, 1.82) is 0 Å². The fourth-order valence-corrected chi connectivity index (χ4v) is 12.1. The minimum Gasteiger partial charge on any atom is -0.393 e. The van der Waals surface area contributed by atoms with Gasteiger partial charge < -0.3 is 50.4 Å². The average Bonchev–Trinajstić information content (AvgIpc) is 4.18. The van der Waals surface area contributed by atoms with Crippen LogP contribution >= 0.6 is 0 Å². The second-order valence-electron chi connectivity index (χ2n) is 21.2. The third-order valence-corrected chi connectivity index (χ3v) is 16.4. The summed E-state index contributed by atoms with van der Waals surface area (Å²) in [6, 6.07) is 6.86. The zero-order valence-electron chi connectivity index (χ0n) is 39.4. The van der Waals surface area contributed by atoms with Crippen molar-refractivity contribution in [3.63, 3.8) is 0 Å². The molecule has 1 aromatic carbocycles. The highest BCUT2D eigenvalue weighted by molar-refractivity contribution is 5.88. The summed E-state index contributed by atoms with van der Waals surface area (Å²) in [7, 11) is 0. The number of aromatic amines is 2. The van der Waals surface area contributed by atoms with E-state index in [1.165, 1.54) is 11.3 Å². The molecule has 6 heterocycles. The van der Waals surface area contributed by atoms with Crippen molar-refractivity contribution >= 4 is 23.9 Å². The molecule has 16 heteroatoms. The lowest BCUT2D eigenvalue weighted by molar-refractivity contribution is -0.136. The molecule has 3 saturated carbocycles. The molecule has 6 N–H and O–H groups in total. The highest BCUT2D eigenvalue weighted by atomic mass is 16.3. The summed E-state index contributed by atoms with van der Waals surface area (Å²) in [5.74, 6) is 1.30. The number of piperidine rings is 2. The van der Waals surface area contributed by atoms with E-state index in [1.54, 1.807) is 9.80 Å². The van der Waals surface area contributed by atoms with E-state index in [-0.39, 0.29) is 70.8 Å². The fraction of sp³-hybridized carbons (Fsp3) is 0.680. The second-order valence-corrected chi connectivity index (χ2v) is 21.2. The Balaban J connectivity index is 0.811. The van der Waals surface area contributed by atoms with Crippen LogP contribution in [0.5, 0.6) is 0 Å². The Bertz CT molecular complexity index is 2180. The standard InChI is InChI=1S/C50H72N10O6/c1-31(2)41(55-47(65)57-25-13-35(61)14-26-57)45(63)59-23-5-7-38(59)43-51-29-37(53-43)33-9-11-34(12-10-33)49-17-20-50(21-18-49,22-19-49)40-30-52-44(54-40)39-8-6-24-60(39)46(64)42(32(3)4)56-48(66)58-27-15-36(62)16-28-58/h9-12,29-32,35-36,38-39,41-42,61-62H,5-8,13-28H2,1-4H3,(H,51,53)(H,52,54)(H,55,65)(H,56,66). The van der Waals surface area contributed by atoms with Gasteiger partial charge in [0.1, 0.15) is 23.7 Å². The number of carbonyl (C=O) groups is 4. The Morgan fingerprint density at radius 1 is 0.606 bits per heavy atom. The first-order chi connectivity index (χ1) is 31.7. The van der Waals surface area contributed by atoms with E-state index >= 15 is 0 Å². The first-order valence-corrected chi connectivity index (χ1v) is 25.0. The van der Waals surface area contributed by atoms with Crippen molar-refractivity contribution in [2.45, 2.75) is 165 Å². The van der Waals surface area contributed by atoms with Crippen molar-refractivity contribution < 1.29 is 29.4 Å². The van der Waals surface area contributed by atoms with E-state index in [4.69, 9.17) is 9.97 Å². The zero-order chi connectivity index (χ0) is 46.3. The highest BCUT2D eigenvalue weighted by Crippen LogP contribution is 2.58. The largest absolute Gasteiger partial charge is 0.393 e. The van der Waals surface area contributed by atoms with Gasteiger partial charge in [-0.2, -0.15) is 0 Å². The molecule has 3 aromatic rings. The molecular formula is C50H72N10O6. The highest BCUT2D eigenvalue weighted by Gasteiger charge is 2.51. The Hall–Kier alpha value is -4.96. The third kappa shape index (κ3) is 9.07. The Kier molecular flexibility index (Phi) is 13.3. The molecule has 2 bridgehead atoms. The number of hydrogen-bond acceptors (Lipinski definition) is 8. The summed E-state index contributed by atoms with van der Waals surface area (Å²) < 4.78 is 0. The summed E-state index contributed by atoms with van der Waals surface area (Å²) in [6.45, 7) is 11.1. The number of nitrogens with one attached hydrogen (secondary N) is 4. The smallest absolute Gasteiger partial charge is 0.318 e. The Morgan fingerprint density at radius 3 is 1.52 bits per heavy atom. The van der Waals surface area contributed by atoms with Crippen LogP contribution in [0.25, 0.3) is 11.3 Å². The lowest BCUT2D eigenvalue weighted by Crippen LogP contribution is -2.55. The van der Waals surface area contributed by atoms with Gasteiger partial charge in [0.05, 0.1) is 36.2 Å². The Labute approximate surface area is 389 Å². The molecule has 66 heavy (non-hydrogen) atoms. The number of urea groups is 2. The van der Waals surface area contributed by atoms with Crippen LogP contribution in [0.1, 0.15) is 153 Å². The van der Waals surface area contributed by atoms with Crippen molar-refractivity contribution in [2.24, 2.45) is 11.8 Å². The summed E-state index contributed by atoms with van der Waals surface area (Å²) in [5, 5.41) is 25.9. The number of carbonyl (C=O) groups excluding carboxylic acids is 4. The fourth-order valence-electron chi connectivity index (χ4n) is 12.1. The van der Waals surface area contributed by atoms with Gasteiger partial charge in [-0.05, 0) is 118 Å². The van der Waals surface area contributed by atoms with Crippen LogP contribution in [0.2, 0.25) is 0 Å². The molecule has 4 unspecified atom stereocenters. The van der Waals surface area contributed by atoms with Gasteiger partial charge in [0.25, 0.3) is 0 Å². The molecule has 10 rings (SSSR count). The molecule has 7 fully saturated rings. The van der Waals surface area contributed by atoms with Crippen LogP contribution in [-0.2, 0) is 20.4 Å². The molecule has 4 aliphatic heterocycles. The number of nitrogens with zero attached hydrogens (tertiary/aromatic N) is 6. The number of aliphatic hydroxyl groups is 2. The van der Waals surface area contributed by atoms with Gasteiger partial charge in [-0.25, -0.2) is 19.6 Å². The number of rotatable bonds is 11. The van der Waals surface area contributed by atoms with Crippen LogP contribution in [0.3, 0.4) is 0 Å². The topological polar surface area (TPSA) is 203 Å². The Morgan fingerprint density at radius 2 is 1.05 bits per heavy atom. The maximum atomic E-state index is 14.1. The predicted molar refractivity (Wildman–Crippen MR) is 249 cm³/mol. The lowest BCUT2D eigenvalue weighted by Gasteiger charge is -2.53. The first kappa shape index (κ1) is 46.2. The third-order valence-electron chi connectivity index (χ3n) is 16.4. The van der Waals surface area contributed by atoms with E-state index in [1.807, 2.05) is 49.9 Å². The number of amides is 6. The molecule has 4 saturated heterocycles. The summed E-state index contributed by atoms with van der Waals surface area (Å²) >= 11 is 0. The number of fused-ring (bicyclic) bond motifs is 3. The maximum Gasteiger partial charge on any atom is 0.318 e. The van der Waals surface area contributed by atoms with E-state index in [2.05, 4.69) is 44.9 Å². The molecule has 7 aliphatic rings. The first-order valence-electron chi connectivity index (χ1n) is 25.0. The van der Waals surface area contributed by atoms with Gasteiger partial charge in [-0.3, -0.25) is 9.59 Å². The number of benzene rings is 1. The molecule has 6 amide bonds. The molecule has 358 valence electrons. The molecule has 3 aliphatic carbocycles.